The average molecular weight is 537 g/mol. The van der Waals surface area contributed by atoms with E-state index in [0.29, 0.717) is 5.69 Å². The molecule has 160 valence electrons. The lowest BCUT2D eigenvalue weighted by Gasteiger charge is -2.28. The van der Waals surface area contributed by atoms with Crippen LogP contribution in [0.15, 0.2) is 48.5 Å². The van der Waals surface area contributed by atoms with E-state index < -0.39 is 37.1 Å². The van der Waals surface area contributed by atoms with Crippen molar-refractivity contribution < 1.29 is 40.6 Å². The van der Waals surface area contributed by atoms with E-state index in [-0.39, 0.29) is 12.1 Å². The Morgan fingerprint density at radius 2 is 1.66 bits per heavy atom. The molecule has 1 unspecified atom stereocenters. The second-order valence-electron chi connectivity index (χ2n) is 6.03. The van der Waals surface area contributed by atoms with Gasteiger partial charge < -0.3 is 14.7 Å². The van der Waals surface area contributed by atoms with Gasteiger partial charge in [0.15, 0.2) is 6.10 Å². The molecule has 2 aromatic rings. The molecule has 0 saturated carbocycles. The average Bonchev–Trinajstić information content (AvgIpc) is 2.60. The Hall–Kier alpha value is -1.76. The Bertz CT molecular complexity index is 817. The van der Waals surface area contributed by atoms with Gasteiger partial charge in [0.25, 0.3) is 0 Å². The van der Waals surface area contributed by atoms with Crippen molar-refractivity contribution in [2.45, 2.75) is 31.4 Å². The van der Waals surface area contributed by atoms with Crippen LogP contribution < -0.4 is 9.64 Å². The number of aliphatic hydroxyl groups excluding tert-OH is 1. The van der Waals surface area contributed by atoms with Crippen LogP contribution in [-0.4, -0.2) is 36.5 Å². The monoisotopic (exact) mass is 537 g/mol. The van der Waals surface area contributed by atoms with Crippen molar-refractivity contribution in [3.8, 4) is 5.75 Å². The lowest BCUT2D eigenvalue weighted by Crippen LogP contribution is -2.41. The highest BCUT2D eigenvalue weighted by Gasteiger charge is 2.44. The Kier molecular flexibility index (Phi) is 7.60. The van der Waals surface area contributed by atoms with E-state index in [1.807, 2.05) is 22.6 Å². The fraction of sp³-hybridized carbons (Fsp3) is 0.333. The van der Waals surface area contributed by atoms with Crippen LogP contribution in [0.2, 0.25) is 0 Å². The van der Waals surface area contributed by atoms with Gasteiger partial charge in [-0.2, -0.15) is 30.7 Å². The molecular weight excluding hydrogens is 522 g/mol. The van der Waals surface area contributed by atoms with Crippen LogP contribution in [0.25, 0.3) is 0 Å². The summed E-state index contributed by atoms with van der Waals surface area (Å²) < 4.78 is 94.0. The number of hydrogen-bond acceptors (Lipinski definition) is 3. The predicted molar refractivity (Wildman–Crippen MR) is 100 cm³/mol. The summed E-state index contributed by atoms with van der Waals surface area (Å²) in [6.07, 6.45) is -16.3. The molecule has 0 aliphatic heterocycles. The van der Waals surface area contributed by atoms with Gasteiger partial charge in [-0.1, -0.05) is 18.2 Å². The van der Waals surface area contributed by atoms with Crippen LogP contribution >= 0.6 is 22.6 Å². The third-order valence-corrected chi connectivity index (χ3v) is 4.40. The number of halogens is 8. The molecule has 0 aliphatic rings. The lowest BCUT2D eigenvalue weighted by atomic mass is 10.1. The van der Waals surface area contributed by atoms with Crippen molar-refractivity contribution >= 4 is 28.3 Å². The summed E-state index contributed by atoms with van der Waals surface area (Å²) in [5.41, 5.74) is 0.574. The van der Waals surface area contributed by atoms with Gasteiger partial charge >= 0.3 is 18.7 Å². The highest BCUT2D eigenvalue weighted by molar-refractivity contribution is 14.1. The SMILES string of the molecule is OC(CN(Cc1cccc(OC(F)(F)C(F)F)c1)c1cccc(I)c1)C(F)(F)F. The van der Waals surface area contributed by atoms with Crippen molar-refractivity contribution in [2.24, 2.45) is 0 Å². The minimum atomic E-state index is -4.86. The van der Waals surface area contributed by atoms with Gasteiger partial charge in [0.1, 0.15) is 5.75 Å². The molecular formula is C18H15F7INO2. The molecule has 0 fully saturated rings. The summed E-state index contributed by atoms with van der Waals surface area (Å²) in [5, 5.41) is 9.46. The highest BCUT2D eigenvalue weighted by Crippen LogP contribution is 2.29. The highest BCUT2D eigenvalue weighted by atomic mass is 127. The first kappa shape index (κ1) is 23.5. The molecule has 0 bridgehead atoms. The molecule has 2 rings (SSSR count). The van der Waals surface area contributed by atoms with E-state index in [9.17, 15) is 35.8 Å². The van der Waals surface area contributed by atoms with Crippen LogP contribution in [0.5, 0.6) is 5.75 Å². The van der Waals surface area contributed by atoms with Gasteiger partial charge in [0.2, 0.25) is 0 Å². The summed E-state index contributed by atoms with van der Waals surface area (Å²) in [6.45, 7) is -1.04. The smallest absolute Gasteiger partial charge is 0.428 e. The summed E-state index contributed by atoms with van der Waals surface area (Å²) in [5.74, 6) is -0.563. The molecule has 11 heteroatoms. The molecule has 29 heavy (non-hydrogen) atoms. The van der Waals surface area contributed by atoms with Crippen LogP contribution in [-0.2, 0) is 6.54 Å². The first-order valence-corrected chi connectivity index (χ1v) is 9.15. The Morgan fingerprint density at radius 3 is 2.24 bits per heavy atom. The van der Waals surface area contributed by atoms with Crippen LogP contribution in [0.3, 0.4) is 0 Å². The van der Waals surface area contributed by atoms with Crippen LogP contribution in [0.1, 0.15) is 5.56 Å². The second kappa shape index (κ2) is 9.37. The van der Waals surface area contributed by atoms with Gasteiger partial charge in [-0.3, -0.25) is 0 Å². The van der Waals surface area contributed by atoms with Crippen molar-refractivity contribution in [1.29, 1.82) is 0 Å². The normalized spacial score (nSPS) is 13.4. The van der Waals surface area contributed by atoms with Gasteiger partial charge in [0.05, 0.1) is 6.54 Å². The molecule has 0 amide bonds. The van der Waals surface area contributed by atoms with E-state index in [1.54, 1.807) is 18.2 Å². The number of rotatable bonds is 8. The molecule has 1 atom stereocenters. The maximum absolute atomic E-state index is 13.1. The van der Waals surface area contributed by atoms with E-state index in [0.717, 1.165) is 15.7 Å². The fourth-order valence-electron chi connectivity index (χ4n) is 2.38. The summed E-state index contributed by atoms with van der Waals surface area (Å²) in [7, 11) is 0. The van der Waals surface area contributed by atoms with Gasteiger partial charge in [-0.15, -0.1) is 0 Å². The number of anilines is 1. The molecule has 0 heterocycles. The number of hydrogen-bond donors (Lipinski definition) is 1. The minimum Gasteiger partial charge on any atom is -0.428 e. The number of benzene rings is 2. The van der Waals surface area contributed by atoms with Crippen molar-refractivity contribution in [1.82, 2.24) is 0 Å². The molecule has 0 saturated heterocycles. The van der Waals surface area contributed by atoms with E-state index >= 15 is 0 Å². The number of alkyl halides is 7. The Balaban J connectivity index is 2.28. The maximum Gasteiger partial charge on any atom is 0.461 e. The number of ether oxygens (including phenoxy) is 1. The minimum absolute atomic E-state index is 0.218. The molecule has 0 radical (unpaired) electrons. The summed E-state index contributed by atoms with van der Waals surface area (Å²) >= 11 is 1.96. The first-order chi connectivity index (χ1) is 13.4. The molecule has 0 aliphatic carbocycles. The first-order valence-electron chi connectivity index (χ1n) is 8.07. The fourth-order valence-corrected chi connectivity index (χ4v) is 2.90. The number of aliphatic hydroxyl groups is 1. The van der Waals surface area contributed by atoms with Crippen molar-refractivity contribution in [3.05, 3.63) is 57.7 Å². The zero-order valence-electron chi connectivity index (χ0n) is 14.5. The maximum atomic E-state index is 13.1. The lowest BCUT2D eigenvalue weighted by molar-refractivity contribution is -0.253. The quantitative estimate of drug-likeness (QED) is 0.359. The zero-order chi connectivity index (χ0) is 21.8. The molecule has 3 nitrogen and oxygen atoms in total. The van der Waals surface area contributed by atoms with Crippen LogP contribution in [0.4, 0.5) is 36.4 Å². The topological polar surface area (TPSA) is 32.7 Å². The van der Waals surface area contributed by atoms with Gasteiger partial charge in [0, 0.05) is 15.8 Å². The Morgan fingerprint density at radius 1 is 1.00 bits per heavy atom. The second-order valence-corrected chi connectivity index (χ2v) is 7.28. The van der Waals surface area contributed by atoms with E-state index in [2.05, 4.69) is 4.74 Å². The van der Waals surface area contributed by atoms with Gasteiger partial charge in [-0.05, 0) is 58.5 Å². The van der Waals surface area contributed by atoms with Gasteiger partial charge in [-0.25, -0.2) is 0 Å². The standard InChI is InChI=1S/C18H15F7INO2/c19-16(20)18(24,25)29-14-6-1-3-11(7-14)9-27(10-15(28)17(21,22)23)13-5-2-4-12(26)8-13/h1-8,15-16,28H,9-10H2. The summed E-state index contributed by atoms with van der Waals surface area (Å²) in [6, 6.07) is 11.1. The number of nitrogens with zero attached hydrogens (tertiary/aromatic N) is 1. The predicted octanol–water partition coefficient (Wildman–Crippen LogP) is 5.46. The third kappa shape index (κ3) is 6.91. The van der Waals surface area contributed by atoms with Crippen molar-refractivity contribution in [3.63, 3.8) is 0 Å². The molecule has 0 spiro atoms. The molecule has 0 aromatic heterocycles. The Labute approximate surface area is 175 Å². The third-order valence-electron chi connectivity index (χ3n) is 3.72. The molecule has 2 aromatic carbocycles. The molecule has 1 N–H and O–H groups in total. The van der Waals surface area contributed by atoms with Crippen molar-refractivity contribution in [2.75, 3.05) is 11.4 Å². The van der Waals surface area contributed by atoms with E-state index in [1.165, 1.54) is 23.1 Å². The summed E-state index contributed by atoms with van der Waals surface area (Å²) in [4.78, 5) is 1.20. The van der Waals surface area contributed by atoms with Crippen LogP contribution in [0, 0.1) is 3.57 Å². The van der Waals surface area contributed by atoms with E-state index in [4.69, 9.17) is 0 Å². The largest absolute Gasteiger partial charge is 0.461 e. The zero-order valence-corrected chi connectivity index (χ0v) is 16.7.